The molecule has 0 amide bonds. The fourth-order valence-electron chi connectivity index (χ4n) is 3.12. The number of fused-ring (bicyclic) bond motifs is 1. The Hall–Kier alpha value is -2.16. The SMILES string of the molecule is C[C@H](NCCNCCc1ccccc1)c1cccc2ccccc12. The third kappa shape index (κ3) is 4.44. The first-order valence-electron chi connectivity index (χ1n) is 8.80. The van der Waals surface area contributed by atoms with Crippen molar-refractivity contribution in [3.63, 3.8) is 0 Å². The maximum atomic E-state index is 3.63. The number of hydrogen-bond donors (Lipinski definition) is 2. The van der Waals surface area contributed by atoms with Gasteiger partial charge in [-0.15, -0.1) is 0 Å². The standard InChI is InChI=1S/C22H26N2/c1-18(21-13-7-11-20-10-5-6-12-22(20)21)24-17-16-23-15-14-19-8-3-2-4-9-19/h2-13,18,23-24H,14-17H2,1H3/t18-/m0/s1. The summed E-state index contributed by atoms with van der Waals surface area (Å²) in [6.45, 7) is 5.22. The van der Waals surface area contributed by atoms with Crippen LogP contribution in [-0.4, -0.2) is 19.6 Å². The highest BCUT2D eigenvalue weighted by molar-refractivity contribution is 5.86. The summed E-state index contributed by atoms with van der Waals surface area (Å²) < 4.78 is 0. The Bertz CT molecular complexity index is 747. The van der Waals surface area contributed by atoms with Crippen LogP contribution in [0.15, 0.2) is 72.8 Å². The second-order valence-electron chi connectivity index (χ2n) is 6.23. The van der Waals surface area contributed by atoms with E-state index in [0.717, 1.165) is 26.1 Å². The molecule has 0 fully saturated rings. The van der Waals surface area contributed by atoms with Crippen molar-refractivity contribution in [3.8, 4) is 0 Å². The highest BCUT2D eigenvalue weighted by Gasteiger charge is 2.07. The summed E-state index contributed by atoms with van der Waals surface area (Å²) in [5.74, 6) is 0. The van der Waals surface area contributed by atoms with Gasteiger partial charge in [0.1, 0.15) is 0 Å². The summed E-state index contributed by atoms with van der Waals surface area (Å²) in [6, 6.07) is 26.1. The van der Waals surface area contributed by atoms with Crippen LogP contribution in [0.1, 0.15) is 24.1 Å². The predicted molar refractivity (Wildman–Crippen MR) is 103 cm³/mol. The Morgan fingerprint density at radius 1 is 0.750 bits per heavy atom. The normalized spacial score (nSPS) is 12.4. The highest BCUT2D eigenvalue weighted by atomic mass is 15.0. The van der Waals surface area contributed by atoms with E-state index in [9.17, 15) is 0 Å². The van der Waals surface area contributed by atoms with Crippen molar-refractivity contribution in [2.45, 2.75) is 19.4 Å². The van der Waals surface area contributed by atoms with Crippen LogP contribution in [0.2, 0.25) is 0 Å². The van der Waals surface area contributed by atoms with E-state index in [0.29, 0.717) is 6.04 Å². The second-order valence-corrected chi connectivity index (χ2v) is 6.23. The van der Waals surface area contributed by atoms with Gasteiger partial charge in [-0.05, 0) is 41.8 Å². The predicted octanol–water partition coefficient (Wildman–Crippen LogP) is 4.32. The van der Waals surface area contributed by atoms with Gasteiger partial charge < -0.3 is 10.6 Å². The lowest BCUT2D eigenvalue weighted by Gasteiger charge is -2.17. The second kappa shape index (κ2) is 8.62. The number of rotatable bonds is 8. The van der Waals surface area contributed by atoms with E-state index in [1.165, 1.54) is 21.9 Å². The van der Waals surface area contributed by atoms with Crippen molar-refractivity contribution < 1.29 is 0 Å². The zero-order chi connectivity index (χ0) is 16.6. The van der Waals surface area contributed by atoms with E-state index in [2.05, 4.69) is 90.4 Å². The first kappa shape index (κ1) is 16.7. The average Bonchev–Trinajstić information content (AvgIpc) is 2.64. The molecule has 0 radical (unpaired) electrons. The Balaban J connectivity index is 1.43. The van der Waals surface area contributed by atoms with Crippen LogP contribution in [0, 0.1) is 0 Å². The Kier molecular flexibility index (Phi) is 6.00. The topological polar surface area (TPSA) is 24.1 Å². The molecule has 0 heterocycles. The molecule has 0 aliphatic rings. The Morgan fingerprint density at radius 3 is 2.38 bits per heavy atom. The summed E-state index contributed by atoms with van der Waals surface area (Å²) in [4.78, 5) is 0. The lowest BCUT2D eigenvalue weighted by molar-refractivity contribution is 0.549. The fraction of sp³-hybridized carbons (Fsp3) is 0.273. The van der Waals surface area contributed by atoms with Crippen LogP contribution in [0.25, 0.3) is 10.8 Å². The van der Waals surface area contributed by atoms with Gasteiger partial charge in [0.25, 0.3) is 0 Å². The van der Waals surface area contributed by atoms with Gasteiger partial charge in [-0.2, -0.15) is 0 Å². The molecule has 0 aromatic heterocycles. The molecule has 0 bridgehead atoms. The minimum absolute atomic E-state index is 0.354. The van der Waals surface area contributed by atoms with Crippen LogP contribution in [0.4, 0.5) is 0 Å². The molecule has 2 heteroatoms. The van der Waals surface area contributed by atoms with Gasteiger partial charge in [0.05, 0.1) is 0 Å². The minimum Gasteiger partial charge on any atom is -0.315 e. The molecule has 3 aromatic rings. The van der Waals surface area contributed by atoms with E-state index < -0.39 is 0 Å². The smallest absolute Gasteiger partial charge is 0.0298 e. The van der Waals surface area contributed by atoms with E-state index in [4.69, 9.17) is 0 Å². The number of benzene rings is 3. The number of nitrogens with one attached hydrogen (secondary N) is 2. The minimum atomic E-state index is 0.354. The molecule has 3 aromatic carbocycles. The van der Waals surface area contributed by atoms with Crippen molar-refractivity contribution in [1.29, 1.82) is 0 Å². The zero-order valence-electron chi connectivity index (χ0n) is 14.3. The first-order chi connectivity index (χ1) is 11.8. The maximum absolute atomic E-state index is 3.63. The van der Waals surface area contributed by atoms with Crippen LogP contribution >= 0.6 is 0 Å². The molecule has 0 unspecified atom stereocenters. The van der Waals surface area contributed by atoms with Gasteiger partial charge in [0.15, 0.2) is 0 Å². The molecule has 24 heavy (non-hydrogen) atoms. The lowest BCUT2D eigenvalue weighted by atomic mass is 10.00. The molecule has 0 saturated carbocycles. The average molecular weight is 318 g/mol. The monoisotopic (exact) mass is 318 g/mol. The van der Waals surface area contributed by atoms with Crippen LogP contribution in [0.3, 0.4) is 0 Å². The molecule has 0 spiro atoms. The van der Waals surface area contributed by atoms with E-state index in [-0.39, 0.29) is 0 Å². The third-order valence-corrected chi connectivity index (χ3v) is 4.48. The van der Waals surface area contributed by atoms with Crippen molar-refractivity contribution in [2.75, 3.05) is 19.6 Å². The number of hydrogen-bond acceptors (Lipinski definition) is 2. The third-order valence-electron chi connectivity index (χ3n) is 4.48. The first-order valence-corrected chi connectivity index (χ1v) is 8.80. The molecule has 1 atom stereocenters. The van der Waals surface area contributed by atoms with Crippen LogP contribution < -0.4 is 10.6 Å². The maximum Gasteiger partial charge on any atom is 0.0298 e. The lowest BCUT2D eigenvalue weighted by Crippen LogP contribution is -2.30. The van der Waals surface area contributed by atoms with Gasteiger partial charge in [-0.3, -0.25) is 0 Å². The Morgan fingerprint density at radius 2 is 1.50 bits per heavy atom. The van der Waals surface area contributed by atoms with Crippen molar-refractivity contribution in [1.82, 2.24) is 10.6 Å². The summed E-state index contributed by atoms with van der Waals surface area (Å²) in [7, 11) is 0. The van der Waals surface area contributed by atoms with Gasteiger partial charge >= 0.3 is 0 Å². The van der Waals surface area contributed by atoms with Crippen molar-refractivity contribution in [2.24, 2.45) is 0 Å². The molecule has 3 rings (SSSR count). The van der Waals surface area contributed by atoms with Gasteiger partial charge in [-0.1, -0.05) is 72.8 Å². The fourth-order valence-corrected chi connectivity index (χ4v) is 3.12. The molecular weight excluding hydrogens is 292 g/mol. The van der Waals surface area contributed by atoms with Crippen LogP contribution in [-0.2, 0) is 6.42 Å². The van der Waals surface area contributed by atoms with E-state index >= 15 is 0 Å². The molecule has 0 aliphatic carbocycles. The Labute approximate surface area is 144 Å². The molecule has 0 aliphatic heterocycles. The van der Waals surface area contributed by atoms with Crippen molar-refractivity contribution >= 4 is 10.8 Å². The largest absolute Gasteiger partial charge is 0.315 e. The highest BCUT2D eigenvalue weighted by Crippen LogP contribution is 2.23. The summed E-state index contributed by atoms with van der Waals surface area (Å²) in [5.41, 5.74) is 2.76. The van der Waals surface area contributed by atoms with E-state index in [1.54, 1.807) is 0 Å². The summed E-state index contributed by atoms with van der Waals surface area (Å²) in [6.07, 6.45) is 1.08. The molecule has 2 N–H and O–H groups in total. The quantitative estimate of drug-likeness (QED) is 0.604. The van der Waals surface area contributed by atoms with Gasteiger partial charge in [0.2, 0.25) is 0 Å². The molecule has 0 saturated heterocycles. The van der Waals surface area contributed by atoms with E-state index in [1.807, 2.05) is 0 Å². The van der Waals surface area contributed by atoms with Crippen molar-refractivity contribution in [3.05, 3.63) is 83.9 Å². The molecule has 2 nitrogen and oxygen atoms in total. The molecule has 124 valence electrons. The van der Waals surface area contributed by atoms with Gasteiger partial charge in [-0.25, -0.2) is 0 Å². The van der Waals surface area contributed by atoms with Crippen LogP contribution in [0.5, 0.6) is 0 Å². The summed E-state index contributed by atoms with van der Waals surface area (Å²) >= 11 is 0. The molecular formula is C22H26N2. The van der Waals surface area contributed by atoms with Gasteiger partial charge in [0, 0.05) is 19.1 Å². The summed E-state index contributed by atoms with van der Waals surface area (Å²) in [5, 5.41) is 9.80. The zero-order valence-corrected chi connectivity index (χ0v) is 14.3.